The van der Waals surface area contributed by atoms with Gasteiger partial charge < -0.3 is 5.32 Å². The van der Waals surface area contributed by atoms with E-state index in [-0.39, 0.29) is 33.5 Å². The highest BCUT2D eigenvalue weighted by Gasteiger charge is 2.32. The number of non-ortho nitro benzene ring substituents is 1. The molecular weight excluding hydrogens is 429 g/mol. The highest BCUT2D eigenvalue weighted by molar-refractivity contribution is 7.92. The summed E-state index contributed by atoms with van der Waals surface area (Å²) in [7, 11) is -3.87. The summed E-state index contributed by atoms with van der Waals surface area (Å²) in [5.41, 5.74) is 0.115. The molecule has 1 amide bonds. The first-order chi connectivity index (χ1) is 13.0. The van der Waals surface area contributed by atoms with E-state index in [1.807, 2.05) is 0 Å². The Hall–Kier alpha value is -2.36. The van der Waals surface area contributed by atoms with Crippen molar-refractivity contribution in [1.29, 1.82) is 0 Å². The SMILES string of the molecule is CC[C@H](C(=O)Nc1cccc([N+](=O)[O-])c1)N(c1cc(Cl)cc(Cl)c1)S(C)(=O)=O. The van der Waals surface area contributed by atoms with Crippen molar-refractivity contribution in [3.8, 4) is 0 Å². The maximum atomic E-state index is 12.8. The number of carbonyl (C=O) groups excluding carboxylic acids is 1. The molecule has 0 heterocycles. The number of hydrogen-bond donors (Lipinski definition) is 1. The number of halogens is 2. The molecule has 0 saturated carbocycles. The Kier molecular flexibility index (Phi) is 6.87. The summed E-state index contributed by atoms with van der Waals surface area (Å²) in [5.74, 6) is -0.649. The quantitative estimate of drug-likeness (QED) is 0.509. The number of rotatable bonds is 7. The first kappa shape index (κ1) is 21.9. The average molecular weight is 446 g/mol. The molecule has 1 atom stereocenters. The van der Waals surface area contributed by atoms with Crippen LogP contribution in [-0.2, 0) is 14.8 Å². The van der Waals surface area contributed by atoms with Gasteiger partial charge in [0.15, 0.2) is 0 Å². The van der Waals surface area contributed by atoms with Gasteiger partial charge in [0, 0.05) is 27.9 Å². The van der Waals surface area contributed by atoms with Crippen LogP contribution in [0.4, 0.5) is 17.1 Å². The average Bonchev–Trinajstić information content (AvgIpc) is 2.57. The van der Waals surface area contributed by atoms with Crippen molar-refractivity contribution in [2.75, 3.05) is 15.9 Å². The Bertz CT molecular complexity index is 993. The first-order valence-electron chi connectivity index (χ1n) is 8.03. The molecule has 0 aliphatic carbocycles. The zero-order valence-electron chi connectivity index (χ0n) is 14.9. The minimum Gasteiger partial charge on any atom is -0.324 e. The van der Waals surface area contributed by atoms with Crippen LogP contribution in [0.5, 0.6) is 0 Å². The van der Waals surface area contributed by atoms with Crippen LogP contribution < -0.4 is 9.62 Å². The molecule has 2 aromatic rings. The zero-order chi connectivity index (χ0) is 21.1. The van der Waals surface area contributed by atoms with Crippen LogP contribution in [0.1, 0.15) is 13.3 Å². The highest BCUT2D eigenvalue weighted by atomic mass is 35.5. The van der Waals surface area contributed by atoms with Crippen LogP contribution in [0.2, 0.25) is 10.0 Å². The molecule has 1 N–H and O–H groups in total. The Labute approximate surface area is 172 Å². The lowest BCUT2D eigenvalue weighted by Gasteiger charge is -2.30. The van der Waals surface area contributed by atoms with Crippen LogP contribution in [-0.4, -0.2) is 31.5 Å². The second kappa shape index (κ2) is 8.76. The Morgan fingerprint density at radius 3 is 2.32 bits per heavy atom. The van der Waals surface area contributed by atoms with E-state index in [4.69, 9.17) is 23.2 Å². The Morgan fingerprint density at radius 1 is 1.21 bits per heavy atom. The number of nitrogens with zero attached hydrogens (tertiary/aromatic N) is 2. The Morgan fingerprint density at radius 2 is 1.82 bits per heavy atom. The van der Waals surface area contributed by atoms with E-state index in [1.165, 1.54) is 42.5 Å². The number of benzene rings is 2. The summed E-state index contributed by atoms with van der Waals surface area (Å²) in [6, 6.07) is 8.45. The summed E-state index contributed by atoms with van der Waals surface area (Å²) in [6.45, 7) is 1.64. The molecule has 0 saturated heterocycles. The number of nitrogens with one attached hydrogen (secondary N) is 1. The predicted molar refractivity (Wildman–Crippen MR) is 110 cm³/mol. The maximum Gasteiger partial charge on any atom is 0.271 e. The molecule has 28 heavy (non-hydrogen) atoms. The lowest BCUT2D eigenvalue weighted by molar-refractivity contribution is -0.384. The van der Waals surface area contributed by atoms with Gasteiger partial charge in [-0.2, -0.15) is 0 Å². The molecule has 150 valence electrons. The molecule has 0 unspecified atom stereocenters. The van der Waals surface area contributed by atoms with Gasteiger partial charge in [0.1, 0.15) is 6.04 Å². The normalized spacial score (nSPS) is 12.3. The molecule has 0 aliphatic rings. The minimum absolute atomic E-state index is 0.137. The summed E-state index contributed by atoms with van der Waals surface area (Å²) >= 11 is 12.0. The highest BCUT2D eigenvalue weighted by Crippen LogP contribution is 2.30. The second-order valence-electron chi connectivity index (χ2n) is 5.91. The van der Waals surface area contributed by atoms with Crippen LogP contribution in [0.25, 0.3) is 0 Å². The van der Waals surface area contributed by atoms with Gasteiger partial charge in [0.25, 0.3) is 5.69 Å². The molecular formula is C17H17Cl2N3O5S. The van der Waals surface area contributed by atoms with E-state index in [1.54, 1.807) is 6.92 Å². The number of hydrogen-bond acceptors (Lipinski definition) is 5. The number of carbonyl (C=O) groups is 1. The fraction of sp³-hybridized carbons (Fsp3) is 0.235. The van der Waals surface area contributed by atoms with Crippen molar-refractivity contribution in [3.05, 3.63) is 62.6 Å². The number of sulfonamides is 1. The van der Waals surface area contributed by atoms with Crippen LogP contribution in [0.15, 0.2) is 42.5 Å². The summed E-state index contributed by atoms with van der Waals surface area (Å²) < 4.78 is 25.8. The van der Waals surface area contributed by atoms with Gasteiger partial charge in [0.05, 0.1) is 16.9 Å². The summed E-state index contributed by atoms with van der Waals surface area (Å²) in [4.78, 5) is 23.1. The molecule has 0 bridgehead atoms. The van der Waals surface area contributed by atoms with Crippen LogP contribution in [0, 0.1) is 10.1 Å². The van der Waals surface area contributed by atoms with Crippen molar-refractivity contribution >= 4 is 56.2 Å². The van der Waals surface area contributed by atoms with Gasteiger partial charge in [-0.15, -0.1) is 0 Å². The van der Waals surface area contributed by atoms with Gasteiger partial charge in [-0.05, 0) is 30.7 Å². The topological polar surface area (TPSA) is 110 Å². The van der Waals surface area contributed by atoms with Crippen molar-refractivity contribution in [2.24, 2.45) is 0 Å². The van der Waals surface area contributed by atoms with Crippen LogP contribution >= 0.6 is 23.2 Å². The molecule has 11 heteroatoms. The van der Waals surface area contributed by atoms with Crippen LogP contribution in [0.3, 0.4) is 0 Å². The summed E-state index contributed by atoms with van der Waals surface area (Å²) in [5, 5.41) is 13.8. The first-order valence-corrected chi connectivity index (χ1v) is 10.6. The van der Waals surface area contributed by atoms with E-state index >= 15 is 0 Å². The van der Waals surface area contributed by atoms with E-state index in [9.17, 15) is 23.3 Å². The molecule has 8 nitrogen and oxygen atoms in total. The molecule has 0 fully saturated rings. The smallest absolute Gasteiger partial charge is 0.271 e. The van der Waals surface area contributed by atoms with Gasteiger partial charge in [-0.25, -0.2) is 8.42 Å². The lowest BCUT2D eigenvalue weighted by atomic mass is 10.1. The summed E-state index contributed by atoms with van der Waals surface area (Å²) in [6.07, 6.45) is 1.10. The number of anilines is 2. The molecule has 2 aromatic carbocycles. The zero-order valence-corrected chi connectivity index (χ0v) is 17.3. The van der Waals surface area contributed by atoms with Gasteiger partial charge in [0.2, 0.25) is 15.9 Å². The third-order valence-corrected chi connectivity index (χ3v) is 5.37. The van der Waals surface area contributed by atoms with Gasteiger partial charge in [-0.3, -0.25) is 19.2 Å². The fourth-order valence-corrected chi connectivity index (χ4v) is 4.36. The molecule has 0 aromatic heterocycles. The van der Waals surface area contributed by atoms with E-state index in [0.717, 1.165) is 10.6 Å². The molecule has 0 spiro atoms. The second-order valence-corrected chi connectivity index (χ2v) is 8.64. The van der Waals surface area contributed by atoms with Crippen molar-refractivity contribution in [1.82, 2.24) is 0 Å². The van der Waals surface area contributed by atoms with Crippen molar-refractivity contribution < 1.29 is 18.1 Å². The van der Waals surface area contributed by atoms with E-state index in [0.29, 0.717) is 0 Å². The maximum absolute atomic E-state index is 12.8. The van der Waals surface area contributed by atoms with E-state index < -0.39 is 26.9 Å². The third kappa shape index (κ3) is 5.34. The molecule has 0 aliphatic heterocycles. The van der Waals surface area contributed by atoms with Gasteiger partial charge >= 0.3 is 0 Å². The standard InChI is InChI=1S/C17H17Cl2N3O5S/c1-3-16(17(23)20-13-5-4-6-14(10-13)22(24)25)21(28(2,26)27)15-8-11(18)7-12(19)9-15/h4-10,16H,3H2,1-2H3,(H,20,23)/t16-/m1/s1. The lowest BCUT2D eigenvalue weighted by Crippen LogP contribution is -2.47. The number of nitro benzene ring substituents is 1. The predicted octanol–water partition coefficient (Wildman–Crippen LogP) is 4.08. The van der Waals surface area contributed by atoms with Crippen molar-refractivity contribution in [2.45, 2.75) is 19.4 Å². The third-order valence-electron chi connectivity index (χ3n) is 3.76. The van der Waals surface area contributed by atoms with Crippen molar-refractivity contribution in [3.63, 3.8) is 0 Å². The monoisotopic (exact) mass is 445 g/mol. The molecule has 2 rings (SSSR count). The molecule has 0 radical (unpaired) electrons. The number of amides is 1. The van der Waals surface area contributed by atoms with E-state index in [2.05, 4.69) is 5.32 Å². The fourth-order valence-electron chi connectivity index (χ4n) is 2.65. The van der Waals surface area contributed by atoms with Gasteiger partial charge in [-0.1, -0.05) is 36.2 Å². The minimum atomic E-state index is -3.87. The number of nitro groups is 1. The largest absolute Gasteiger partial charge is 0.324 e. The Balaban J connectivity index is 2.42.